The average molecular weight is 314 g/mol. The van der Waals surface area contributed by atoms with Gasteiger partial charge in [-0.2, -0.15) is 0 Å². The molecule has 1 amide bonds. The first-order valence-corrected chi connectivity index (χ1v) is 7.68. The zero-order valence-electron chi connectivity index (χ0n) is 12.8. The molecule has 6 heteroatoms. The van der Waals surface area contributed by atoms with Crippen LogP contribution in [0.1, 0.15) is 53.1 Å². The maximum atomic E-state index is 12.4. The minimum atomic E-state index is -0.904. The number of amides is 1. The summed E-state index contributed by atoms with van der Waals surface area (Å²) < 4.78 is 5.25. The first-order valence-electron chi connectivity index (χ1n) is 7.68. The van der Waals surface area contributed by atoms with Crippen LogP contribution in [0.4, 0.5) is 5.69 Å². The number of fused-ring (bicyclic) bond motifs is 1. The maximum Gasteiger partial charge on any atom is 0.310 e. The Hall–Kier alpha value is -2.63. The summed E-state index contributed by atoms with van der Waals surface area (Å²) in [6, 6.07) is 6.85. The summed E-state index contributed by atoms with van der Waals surface area (Å²) in [7, 11) is 0. The molecule has 120 valence electrons. The first kappa shape index (κ1) is 15.3. The molecule has 1 heterocycles. The van der Waals surface area contributed by atoms with Crippen molar-refractivity contribution in [2.24, 2.45) is 0 Å². The lowest BCUT2D eigenvalue weighted by atomic mass is 9.96. The van der Waals surface area contributed by atoms with E-state index in [2.05, 4.69) is 10.5 Å². The largest absolute Gasteiger partial charge is 0.481 e. The van der Waals surface area contributed by atoms with Crippen LogP contribution in [0.15, 0.2) is 28.8 Å². The molecular formula is C17H18N2O4. The molecule has 1 aromatic carbocycles. The second-order valence-electron chi connectivity index (χ2n) is 5.78. The van der Waals surface area contributed by atoms with Crippen molar-refractivity contribution in [3.63, 3.8) is 0 Å². The van der Waals surface area contributed by atoms with Gasteiger partial charge in [0.25, 0.3) is 5.91 Å². The normalized spacial score (nSPS) is 14.8. The number of carboxylic acids is 1. The smallest absolute Gasteiger partial charge is 0.310 e. The zero-order chi connectivity index (χ0) is 16.4. The number of aromatic nitrogens is 1. The number of nitrogens with zero attached hydrogens (tertiary/aromatic N) is 1. The fraction of sp³-hybridized carbons (Fsp3) is 0.353. The van der Waals surface area contributed by atoms with Crippen molar-refractivity contribution in [2.45, 2.75) is 38.5 Å². The van der Waals surface area contributed by atoms with E-state index in [4.69, 9.17) is 9.63 Å². The van der Waals surface area contributed by atoms with Gasteiger partial charge in [-0.15, -0.1) is 0 Å². The quantitative estimate of drug-likeness (QED) is 0.905. The van der Waals surface area contributed by atoms with Crippen molar-refractivity contribution < 1.29 is 19.2 Å². The van der Waals surface area contributed by atoms with Crippen molar-refractivity contribution in [3.05, 3.63) is 46.8 Å². The van der Waals surface area contributed by atoms with E-state index in [1.54, 1.807) is 31.2 Å². The molecule has 0 saturated heterocycles. The molecule has 1 unspecified atom stereocenters. The molecule has 0 saturated carbocycles. The van der Waals surface area contributed by atoms with E-state index in [0.717, 1.165) is 37.0 Å². The molecule has 3 rings (SSSR count). The lowest BCUT2D eigenvalue weighted by Gasteiger charge is -2.11. The Labute approximate surface area is 133 Å². The van der Waals surface area contributed by atoms with E-state index in [1.807, 2.05) is 0 Å². The summed E-state index contributed by atoms with van der Waals surface area (Å²) >= 11 is 0. The highest BCUT2D eigenvalue weighted by Crippen LogP contribution is 2.25. The number of hydrogen-bond donors (Lipinski definition) is 2. The van der Waals surface area contributed by atoms with Crippen molar-refractivity contribution >= 4 is 17.6 Å². The number of carbonyl (C=O) groups is 2. The number of hydrogen-bond acceptors (Lipinski definition) is 4. The van der Waals surface area contributed by atoms with Crippen LogP contribution >= 0.6 is 0 Å². The minimum Gasteiger partial charge on any atom is -0.481 e. The Bertz CT molecular complexity index is 751. The molecule has 0 fully saturated rings. The third-order valence-corrected chi connectivity index (χ3v) is 4.18. The molecule has 0 spiro atoms. The number of carbonyl (C=O) groups excluding carboxylic acids is 1. The third-order valence-electron chi connectivity index (χ3n) is 4.18. The van der Waals surface area contributed by atoms with Crippen LogP contribution in [0.25, 0.3) is 0 Å². The standard InChI is InChI=1S/C17H18N2O4/c1-10(17(21)22)11-5-4-6-12(9-11)18-16(20)15-13-7-2-3-8-14(13)23-19-15/h4-6,9-10H,2-3,7-8H2,1H3,(H,18,20)(H,21,22). The second-order valence-corrected chi connectivity index (χ2v) is 5.78. The third kappa shape index (κ3) is 3.11. The lowest BCUT2D eigenvalue weighted by Crippen LogP contribution is -2.16. The van der Waals surface area contributed by atoms with E-state index in [9.17, 15) is 9.59 Å². The van der Waals surface area contributed by atoms with Crippen LogP contribution < -0.4 is 5.32 Å². The molecule has 0 aliphatic heterocycles. The number of aryl methyl sites for hydroxylation is 1. The van der Waals surface area contributed by atoms with E-state index in [-0.39, 0.29) is 5.91 Å². The minimum absolute atomic E-state index is 0.322. The van der Waals surface area contributed by atoms with Gasteiger partial charge in [0.2, 0.25) is 0 Å². The van der Waals surface area contributed by atoms with Crippen molar-refractivity contribution in [1.29, 1.82) is 0 Å². The highest BCUT2D eigenvalue weighted by molar-refractivity contribution is 6.04. The van der Waals surface area contributed by atoms with Gasteiger partial charge in [0, 0.05) is 17.7 Å². The van der Waals surface area contributed by atoms with Crippen molar-refractivity contribution in [3.8, 4) is 0 Å². The van der Waals surface area contributed by atoms with Gasteiger partial charge in [-0.05, 0) is 43.9 Å². The Morgan fingerprint density at radius 2 is 2.09 bits per heavy atom. The van der Waals surface area contributed by atoms with Gasteiger partial charge in [-0.25, -0.2) is 0 Å². The fourth-order valence-electron chi connectivity index (χ4n) is 2.78. The first-order chi connectivity index (χ1) is 11.1. The molecular weight excluding hydrogens is 296 g/mol. The molecule has 0 radical (unpaired) electrons. The zero-order valence-corrected chi connectivity index (χ0v) is 12.8. The van der Waals surface area contributed by atoms with Gasteiger partial charge in [-0.3, -0.25) is 9.59 Å². The number of benzene rings is 1. The van der Waals surface area contributed by atoms with Crippen LogP contribution in [0.3, 0.4) is 0 Å². The Balaban J connectivity index is 1.79. The number of anilines is 1. The highest BCUT2D eigenvalue weighted by Gasteiger charge is 2.24. The van der Waals surface area contributed by atoms with Crippen molar-refractivity contribution in [2.75, 3.05) is 5.32 Å². The van der Waals surface area contributed by atoms with Crippen LogP contribution in [-0.4, -0.2) is 22.1 Å². The number of carboxylic acid groups (broad SMARTS) is 1. The van der Waals surface area contributed by atoms with Crippen LogP contribution in [0, 0.1) is 0 Å². The summed E-state index contributed by atoms with van der Waals surface area (Å²) in [4.78, 5) is 23.5. The molecule has 6 nitrogen and oxygen atoms in total. The molecule has 2 aromatic rings. The van der Waals surface area contributed by atoms with E-state index in [0.29, 0.717) is 16.9 Å². The lowest BCUT2D eigenvalue weighted by molar-refractivity contribution is -0.138. The van der Waals surface area contributed by atoms with Crippen molar-refractivity contribution in [1.82, 2.24) is 5.16 Å². The predicted molar refractivity (Wildman–Crippen MR) is 83.6 cm³/mol. The van der Waals surface area contributed by atoms with Crippen LogP contribution in [0.2, 0.25) is 0 Å². The average Bonchev–Trinajstić information content (AvgIpc) is 2.98. The number of nitrogens with one attached hydrogen (secondary N) is 1. The molecule has 1 aliphatic carbocycles. The monoisotopic (exact) mass is 314 g/mol. The molecule has 1 aromatic heterocycles. The number of rotatable bonds is 4. The highest BCUT2D eigenvalue weighted by atomic mass is 16.5. The van der Waals surface area contributed by atoms with E-state index >= 15 is 0 Å². The van der Waals surface area contributed by atoms with Gasteiger partial charge in [-0.1, -0.05) is 17.3 Å². The maximum absolute atomic E-state index is 12.4. The summed E-state index contributed by atoms with van der Waals surface area (Å²) in [5, 5.41) is 15.8. The van der Waals surface area contributed by atoms with E-state index < -0.39 is 11.9 Å². The molecule has 2 N–H and O–H groups in total. The second kappa shape index (κ2) is 6.24. The topological polar surface area (TPSA) is 92.4 Å². The Morgan fingerprint density at radius 3 is 2.87 bits per heavy atom. The number of aliphatic carboxylic acids is 1. The summed E-state index contributed by atoms with van der Waals surface area (Å²) in [6.45, 7) is 1.61. The molecule has 23 heavy (non-hydrogen) atoms. The summed E-state index contributed by atoms with van der Waals surface area (Å²) in [5.74, 6) is -1.06. The molecule has 1 atom stereocenters. The molecule has 0 bridgehead atoms. The van der Waals surface area contributed by atoms with Gasteiger partial charge < -0.3 is 14.9 Å². The molecule has 1 aliphatic rings. The Morgan fingerprint density at radius 1 is 1.30 bits per heavy atom. The van der Waals surface area contributed by atoms with Gasteiger partial charge in [0.05, 0.1) is 5.92 Å². The van der Waals surface area contributed by atoms with Crippen LogP contribution in [0.5, 0.6) is 0 Å². The summed E-state index contributed by atoms with van der Waals surface area (Å²) in [6.07, 6.45) is 3.71. The summed E-state index contributed by atoms with van der Waals surface area (Å²) in [5.41, 5.74) is 2.41. The van der Waals surface area contributed by atoms with E-state index in [1.165, 1.54) is 0 Å². The van der Waals surface area contributed by atoms with Crippen LogP contribution in [-0.2, 0) is 17.6 Å². The van der Waals surface area contributed by atoms with Gasteiger partial charge >= 0.3 is 5.97 Å². The van der Waals surface area contributed by atoms with Gasteiger partial charge in [0.15, 0.2) is 5.69 Å². The predicted octanol–water partition coefficient (Wildman–Crippen LogP) is 2.99. The Kier molecular flexibility index (Phi) is 4.14. The fourth-order valence-corrected chi connectivity index (χ4v) is 2.78. The van der Waals surface area contributed by atoms with Gasteiger partial charge in [0.1, 0.15) is 5.76 Å². The SMILES string of the molecule is CC(C(=O)O)c1cccc(NC(=O)c2noc3c2CCCC3)c1.